The third kappa shape index (κ3) is 5.39. The summed E-state index contributed by atoms with van der Waals surface area (Å²) in [5.74, 6) is 0.405. The molecule has 0 saturated carbocycles. The number of amides is 2. The van der Waals surface area contributed by atoms with E-state index in [0.29, 0.717) is 18.8 Å². The molecule has 0 saturated heterocycles. The highest BCUT2D eigenvalue weighted by molar-refractivity contribution is 5.85. The molecule has 0 aliphatic carbocycles. The van der Waals surface area contributed by atoms with Gasteiger partial charge in [-0.3, -0.25) is 9.59 Å². The van der Waals surface area contributed by atoms with Crippen molar-refractivity contribution in [3.63, 3.8) is 0 Å². The van der Waals surface area contributed by atoms with Gasteiger partial charge in [0.05, 0.1) is 6.54 Å². The quantitative estimate of drug-likeness (QED) is 0.737. The molecule has 22 heavy (non-hydrogen) atoms. The average Bonchev–Trinajstić information content (AvgIpc) is 2.54. The molecule has 0 N–H and O–H groups in total. The number of nitrogens with zero attached hydrogens (tertiary/aromatic N) is 2. The number of hydrogen-bond donors (Lipinski definition) is 0. The summed E-state index contributed by atoms with van der Waals surface area (Å²) in [6, 6.07) is 7.67. The Hall–Kier alpha value is -2.04. The maximum atomic E-state index is 12.0. The molecule has 0 bridgehead atoms. The molecule has 5 nitrogen and oxygen atoms in total. The van der Waals surface area contributed by atoms with Crippen LogP contribution in [0.5, 0.6) is 5.75 Å². The third-order valence-corrected chi connectivity index (χ3v) is 3.61. The number of likely N-dealkylation sites (N-methyl/N-ethyl adjacent to an activating group) is 2. The van der Waals surface area contributed by atoms with E-state index in [2.05, 4.69) is 6.92 Å². The Labute approximate surface area is 132 Å². The molecule has 0 aliphatic heterocycles. The zero-order chi connectivity index (χ0) is 16.5. The van der Waals surface area contributed by atoms with Crippen LogP contribution < -0.4 is 4.74 Å². The largest absolute Gasteiger partial charge is 0.484 e. The van der Waals surface area contributed by atoms with Crippen LogP contribution in [-0.2, 0) is 16.0 Å². The van der Waals surface area contributed by atoms with Crippen molar-refractivity contribution in [2.45, 2.75) is 27.2 Å². The molecular formula is C17H26N2O3. The Morgan fingerprint density at radius 2 is 1.59 bits per heavy atom. The van der Waals surface area contributed by atoms with Crippen molar-refractivity contribution in [1.29, 1.82) is 0 Å². The smallest absolute Gasteiger partial charge is 0.260 e. The molecule has 0 aromatic heterocycles. The monoisotopic (exact) mass is 306 g/mol. The van der Waals surface area contributed by atoms with E-state index in [-0.39, 0.29) is 25.0 Å². The van der Waals surface area contributed by atoms with Gasteiger partial charge in [-0.15, -0.1) is 0 Å². The van der Waals surface area contributed by atoms with Crippen molar-refractivity contribution in [3.05, 3.63) is 29.8 Å². The molecule has 0 unspecified atom stereocenters. The summed E-state index contributed by atoms with van der Waals surface area (Å²) in [6.07, 6.45) is 0.968. The van der Waals surface area contributed by atoms with Crippen LogP contribution in [0.1, 0.15) is 26.3 Å². The van der Waals surface area contributed by atoms with Crippen molar-refractivity contribution in [2.24, 2.45) is 0 Å². The number of hydrogen-bond acceptors (Lipinski definition) is 3. The second kappa shape index (κ2) is 9.07. The van der Waals surface area contributed by atoms with Crippen molar-refractivity contribution < 1.29 is 14.3 Å². The number of benzene rings is 1. The standard InChI is InChI=1S/C17H26N2O3/c1-5-14-8-10-15(11-9-14)22-13-17(21)18(4)12-16(20)19(6-2)7-3/h8-11H,5-7,12-13H2,1-4H3. The van der Waals surface area contributed by atoms with Crippen LogP contribution in [0.15, 0.2) is 24.3 Å². The fourth-order valence-corrected chi connectivity index (χ4v) is 2.04. The molecule has 0 spiro atoms. The van der Waals surface area contributed by atoms with Crippen LogP contribution in [-0.4, -0.2) is 54.9 Å². The summed E-state index contributed by atoms with van der Waals surface area (Å²) in [7, 11) is 1.62. The van der Waals surface area contributed by atoms with Crippen molar-refractivity contribution in [3.8, 4) is 5.75 Å². The van der Waals surface area contributed by atoms with Crippen molar-refractivity contribution in [2.75, 3.05) is 33.3 Å². The minimum absolute atomic E-state index is 0.0480. The highest BCUT2D eigenvalue weighted by atomic mass is 16.5. The van der Waals surface area contributed by atoms with E-state index in [0.717, 1.165) is 6.42 Å². The highest BCUT2D eigenvalue weighted by Gasteiger charge is 2.16. The van der Waals surface area contributed by atoms with E-state index in [9.17, 15) is 9.59 Å². The maximum absolute atomic E-state index is 12.0. The highest BCUT2D eigenvalue weighted by Crippen LogP contribution is 2.12. The second-order valence-electron chi connectivity index (χ2n) is 5.10. The fourth-order valence-electron chi connectivity index (χ4n) is 2.04. The van der Waals surface area contributed by atoms with Gasteiger partial charge >= 0.3 is 0 Å². The first kappa shape index (κ1) is 18.0. The van der Waals surface area contributed by atoms with Gasteiger partial charge in [-0.25, -0.2) is 0 Å². The molecule has 122 valence electrons. The fraction of sp³-hybridized carbons (Fsp3) is 0.529. The van der Waals surface area contributed by atoms with E-state index >= 15 is 0 Å². The third-order valence-electron chi connectivity index (χ3n) is 3.61. The first-order valence-electron chi connectivity index (χ1n) is 7.75. The Bertz CT molecular complexity index is 481. The van der Waals surface area contributed by atoms with E-state index in [1.54, 1.807) is 11.9 Å². The number of carbonyl (C=O) groups excluding carboxylic acids is 2. The summed E-state index contributed by atoms with van der Waals surface area (Å²) in [5.41, 5.74) is 1.22. The van der Waals surface area contributed by atoms with Gasteiger partial charge in [0.25, 0.3) is 5.91 Å². The lowest BCUT2D eigenvalue weighted by Crippen LogP contribution is -2.42. The van der Waals surface area contributed by atoms with Crippen molar-refractivity contribution in [1.82, 2.24) is 9.80 Å². The molecular weight excluding hydrogens is 280 g/mol. The minimum Gasteiger partial charge on any atom is -0.484 e. The molecule has 5 heteroatoms. The lowest BCUT2D eigenvalue weighted by molar-refractivity contribution is -0.140. The summed E-state index contributed by atoms with van der Waals surface area (Å²) in [6.45, 7) is 7.25. The van der Waals surface area contributed by atoms with E-state index in [4.69, 9.17) is 4.74 Å². The molecule has 0 heterocycles. The molecule has 0 fully saturated rings. The molecule has 1 aromatic rings. The van der Waals surface area contributed by atoms with Gasteiger partial charge in [0.1, 0.15) is 5.75 Å². The summed E-state index contributed by atoms with van der Waals surface area (Å²) in [5, 5.41) is 0. The van der Waals surface area contributed by atoms with Gasteiger partial charge in [0.2, 0.25) is 5.91 Å². The van der Waals surface area contributed by atoms with Crippen LogP contribution in [0.2, 0.25) is 0 Å². The Morgan fingerprint density at radius 3 is 2.09 bits per heavy atom. The molecule has 0 atom stereocenters. The predicted octanol–water partition coefficient (Wildman–Crippen LogP) is 1.95. The second-order valence-corrected chi connectivity index (χ2v) is 5.10. The zero-order valence-electron chi connectivity index (χ0n) is 14.0. The summed E-state index contributed by atoms with van der Waals surface area (Å²) >= 11 is 0. The van der Waals surface area contributed by atoms with Crippen LogP contribution in [0.25, 0.3) is 0 Å². The van der Waals surface area contributed by atoms with E-state index < -0.39 is 0 Å². The first-order chi connectivity index (χ1) is 10.5. The Balaban J connectivity index is 2.45. The first-order valence-corrected chi connectivity index (χ1v) is 7.75. The van der Waals surface area contributed by atoms with Gasteiger partial charge < -0.3 is 14.5 Å². The lowest BCUT2D eigenvalue weighted by atomic mass is 10.2. The molecule has 1 aromatic carbocycles. The van der Waals surface area contributed by atoms with Gasteiger partial charge in [-0.05, 0) is 38.0 Å². The van der Waals surface area contributed by atoms with Crippen LogP contribution in [0.4, 0.5) is 0 Å². The minimum atomic E-state index is -0.208. The normalized spacial score (nSPS) is 10.2. The SMILES string of the molecule is CCc1ccc(OCC(=O)N(C)CC(=O)N(CC)CC)cc1. The van der Waals surface area contributed by atoms with Gasteiger partial charge in [-0.2, -0.15) is 0 Å². The summed E-state index contributed by atoms with van der Waals surface area (Å²) < 4.78 is 5.47. The predicted molar refractivity (Wildman–Crippen MR) is 86.9 cm³/mol. The molecule has 0 aliphatic rings. The molecule has 0 radical (unpaired) electrons. The maximum Gasteiger partial charge on any atom is 0.260 e. The van der Waals surface area contributed by atoms with E-state index in [1.165, 1.54) is 10.5 Å². The molecule has 2 amide bonds. The van der Waals surface area contributed by atoms with Gasteiger partial charge in [0.15, 0.2) is 6.61 Å². The summed E-state index contributed by atoms with van der Waals surface area (Å²) in [4.78, 5) is 27.1. The number of carbonyl (C=O) groups is 2. The van der Waals surface area contributed by atoms with Crippen LogP contribution >= 0.6 is 0 Å². The topological polar surface area (TPSA) is 49.9 Å². The van der Waals surface area contributed by atoms with Gasteiger partial charge in [-0.1, -0.05) is 19.1 Å². The Morgan fingerprint density at radius 1 is 1.00 bits per heavy atom. The van der Waals surface area contributed by atoms with E-state index in [1.807, 2.05) is 38.1 Å². The number of ether oxygens (including phenoxy) is 1. The van der Waals surface area contributed by atoms with Crippen LogP contribution in [0.3, 0.4) is 0 Å². The van der Waals surface area contributed by atoms with Gasteiger partial charge in [0, 0.05) is 20.1 Å². The zero-order valence-corrected chi connectivity index (χ0v) is 14.0. The van der Waals surface area contributed by atoms with Crippen molar-refractivity contribution >= 4 is 11.8 Å². The lowest BCUT2D eigenvalue weighted by Gasteiger charge is -2.23. The molecule has 1 rings (SSSR count). The van der Waals surface area contributed by atoms with Crippen LogP contribution in [0, 0.1) is 0 Å². The Kier molecular flexibility index (Phi) is 7.43. The number of rotatable bonds is 8. The average molecular weight is 306 g/mol. The number of aryl methyl sites for hydroxylation is 1.